The van der Waals surface area contributed by atoms with Crippen LogP contribution in [0.4, 0.5) is 5.82 Å². The van der Waals surface area contributed by atoms with Crippen molar-refractivity contribution in [1.82, 2.24) is 15.0 Å². The molecule has 0 saturated heterocycles. The zero-order chi connectivity index (χ0) is 13.1. The molecular weight excluding hydrogens is 260 g/mol. The SMILES string of the molecule is O=c1cc(NCCc2nc3c(s2)CCCC3)nc[nH]1. The summed E-state index contributed by atoms with van der Waals surface area (Å²) in [5, 5.41) is 4.33. The highest BCUT2D eigenvalue weighted by molar-refractivity contribution is 7.11. The van der Waals surface area contributed by atoms with E-state index >= 15 is 0 Å². The minimum Gasteiger partial charge on any atom is -0.369 e. The molecule has 1 aliphatic carbocycles. The molecular formula is C13H16N4OS. The molecule has 0 aromatic carbocycles. The molecule has 0 atom stereocenters. The Kier molecular flexibility index (Phi) is 3.59. The van der Waals surface area contributed by atoms with E-state index in [4.69, 9.17) is 0 Å². The topological polar surface area (TPSA) is 70.7 Å². The standard InChI is InChI=1S/C13H16N4OS/c18-12-7-11(15-8-16-12)14-6-5-13-17-9-3-1-2-4-10(9)19-13/h7-8H,1-6H2,(H2,14,15,16,18). The summed E-state index contributed by atoms with van der Waals surface area (Å²) in [4.78, 5) is 23.8. The van der Waals surface area contributed by atoms with Gasteiger partial charge in [0.25, 0.3) is 5.56 Å². The Morgan fingerprint density at radius 3 is 3.11 bits per heavy atom. The number of rotatable bonds is 4. The van der Waals surface area contributed by atoms with Gasteiger partial charge in [-0.05, 0) is 25.7 Å². The van der Waals surface area contributed by atoms with Gasteiger partial charge in [0.1, 0.15) is 5.82 Å². The van der Waals surface area contributed by atoms with Crippen LogP contribution in [0, 0.1) is 0 Å². The highest BCUT2D eigenvalue weighted by Crippen LogP contribution is 2.26. The fraction of sp³-hybridized carbons (Fsp3) is 0.462. The number of hydrogen-bond acceptors (Lipinski definition) is 5. The van der Waals surface area contributed by atoms with Gasteiger partial charge in [0, 0.05) is 23.9 Å². The van der Waals surface area contributed by atoms with Crippen molar-refractivity contribution in [3.63, 3.8) is 0 Å². The molecule has 6 heteroatoms. The summed E-state index contributed by atoms with van der Waals surface area (Å²) in [5.41, 5.74) is 1.17. The van der Waals surface area contributed by atoms with Crippen LogP contribution >= 0.6 is 11.3 Å². The molecule has 0 saturated carbocycles. The molecule has 0 fully saturated rings. The van der Waals surface area contributed by atoms with Crippen LogP contribution < -0.4 is 10.9 Å². The van der Waals surface area contributed by atoms with Gasteiger partial charge < -0.3 is 10.3 Å². The Balaban J connectivity index is 1.57. The van der Waals surface area contributed by atoms with Crippen molar-refractivity contribution < 1.29 is 0 Å². The van der Waals surface area contributed by atoms with Crippen molar-refractivity contribution in [1.29, 1.82) is 0 Å². The maximum Gasteiger partial charge on any atom is 0.252 e. The summed E-state index contributed by atoms with van der Waals surface area (Å²) in [6, 6.07) is 1.47. The van der Waals surface area contributed by atoms with E-state index in [1.807, 2.05) is 11.3 Å². The molecule has 2 heterocycles. The van der Waals surface area contributed by atoms with Gasteiger partial charge >= 0.3 is 0 Å². The number of thiazole rings is 1. The van der Waals surface area contributed by atoms with Gasteiger partial charge in [-0.15, -0.1) is 11.3 Å². The maximum absolute atomic E-state index is 11.1. The molecule has 2 aromatic rings. The number of hydrogen-bond donors (Lipinski definition) is 2. The average molecular weight is 276 g/mol. The van der Waals surface area contributed by atoms with E-state index in [2.05, 4.69) is 20.3 Å². The molecule has 2 N–H and O–H groups in total. The quantitative estimate of drug-likeness (QED) is 0.892. The Morgan fingerprint density at radius 2 is 2.26 bits per heavy atom. The summed E-state index contributed by atoms with van der Waals surface area (Å²) in [5.74, 6) is 0.616. The van der Waals surface area contributed by atoms with Crippen LogP contribution in [0.25, 0.3) is 0 Å². The lowest BCUT2D eigenvalue weighted by Crippen LogP contribution is -2.11. The van der Waals surface area contributed by atoms with Crippen LogP contribution in [-0.4, -0.2) is 21.5 Å². The van der Waals surface area contributed by atoms with Gasteiger partial charge in [0.05, 0.1) is 17.0 Å². The molecule has 0 radical (unpaired) electrons. The van der Waals surface area contributed by atoms with E-state index in [1.165, 1.54) is 47.2 Å². The number of aryl methyl sites for hydroxylation is 2. The first-order valence-corrected chi connectivity index (χ1v) is 7.39. The third kappa shape index (κ3) is 3.01. The van der Waals surface area contributed by atoms with Crippen LogP contribution in [0.1, 0.15) is 28.4 Å². The van der Waals surface area contributed by atoms with Crippen LogP contribution in [-0.2, 0) is 19.3 Å². The van der Waals surface area contributed by atoms with Crippen LogP contribution in [0.5, 0.6) is 0 Å². The van der Waals surface area contributed by atoms with Gasteiger partial charge in [-0.1, -0.05) is 0 Å². The van der Waals surface area contributed by atoms with Crippen molar-refractivity contribution >= 4 is 17.2 Å². The van der Waals surface area contributed by atoms with Gasteiger partial charge in [-0.25, -0.2) is 9.97 Å². The molecule has 2 aromatic heterocycles. The number of aromatic nitrogens is 3. The monoisotopic (exact) mass is 276 g/mol. The van der Waals surface area contributed by atoms with Crippen LogP contribution in [0.3, 0.4) is 0 Å². The predicted molar refractivity (Wildman–Crippen MR) is 75.8 cm³/mol. The van der Waals surface area contributed by atoms with Crippen molar-refractivity contribution in [2.75, 3.05) is 11.9 Å². The van der Waals surface area contributed by atoms with Gasteiger partial charge in [-0.2, -0.15) is 0 Å². The van der Waals surface area contributed by atoms with Gasteiger partial charge in [0.15, 0.2) is 0 Å². The number of aromatic amines is 1. The van der Waals surface area contributed by atoms with E-state index < -0.39 is 0 Å². The fourth-order valence-electron chi connectivity index (χ4n) is 2.28. The first-order chi connectivity index (χ1) is 9.31. The summed E-state index contributed by atoms with van der Waals surface area (Å²) in [6.45, 7) is 0.753. The first kappa shape index (κ1) is 12.3. The molecule has 5 nitrogen and oxygen atoms in total. The molecule has 19 heavy (non-hydrogen) atoms. The smallest absolute Gasteiger partial charge is 0.252 e. The highest BCUT2D eigenvalue weighted by atomic mass is 32.1. The summed E-state index contributed by atoms with van der Waals surface area (Å²) in [7, 11) is 0. The van der Waals surface area contributed by atoms with E-state index in [-0.39, 0.29) is 5.56 Å². The number of H-pyrrole nitrogens is 1. The first-order valence-electron chi connectivity index (χ1n) is 6.57. The molecule has 100 valence electrons. The number of fused-ring (bicyclic) bond motifs is 1. The second kappa shape index (κ2) is 5.52. The summed E-state index contributed by atoms with van der Waals surface area (Å²) in [6.07, 6.45) is 7.18. The zero-order valence-electron chi connectivity index (χ0n) is 10.6. The second-order valence-electron chi connectivity index (χ2n) is 4.66. The number of nitrogens with zero attached hydrogens (tertiary/aromatic N) is 2. The van der Waals surface area contributed by atoms with Gasteiger partial charge in [0.2, 0.25) is 0 Å². The second-order valence-corrected chi connectivity index (χ2v) is 5.83. The zero-order valence-corrected chi connectivity index (χ0v) is 11.4. The normalized spacial score (nSPS) is 14.1. The van der Waals surface area contributed by atoms with E-state index in [0.29, 0.717) is 5.82 Å². The molecule has 0 aliphatic heterocycles. The molecule has 0 unspecified atom stereocenters. The minimum absolute atomic E-state index is 0.137. The summed E-state index contributed by atoms with van der Waals surface area (Å²) >= 11 is 1.83. The molecule has 0 spiro atoms. The van der Waals surface area contributed by atoms with Crippen molar-refractivity contribution in [3.05, 3.63) is 38.3 Å². The minimum atomic E-state index is -0.137. The van der Waals surface area contributed by atoms with Crippen molar-refractivity contribution in [2.24, 2.45) is 0 Å². The lowest BCUT2D eigenvalue weighted by atomic mass is 10.0. The third-order valence-electron chi connectivity index (χ3n) is 3.21. The lowest BCUT2D eigenvalue weighted by molar-refractivity contribution is 0.680. The van der Waals surface area contributed by atoms with Gasteiger partial charge in [-0.3, -0.25) is 4.79 Å². The lowest BCUT2D eigenvalue weighted by Gasteiger charge is -2.06. The van der Waals surface area contributed by atoms with E-state index in [1.54, 1.807) is 0 Å². The number of nitrogens with one attached hydrogen (secondary N) is 2. The van der Waals surface area contributed by atoms with Crippen LogP contribution in [0.15, 0.2) is 17.2 Å². The number of anilines is 1. The van der Waals surface area contributed by atoms with E-state index in [0.717, 1.165) is 19.4 Å². The molecule has 0 amide bonds. The average Bonchev–Trinajstić information content (AvgIpc) is 2.81. The molecule has 0 bridgehead atoms. The Bertz CT molecular complexity index is 596. The Labute approximate surface area is 115 Å². The van der Waals surface area contributed by atoms with Crippen molar-refractivity contribution in [2.45, 2.75) is 32.1 Å². The third-order valence-corrected chi connectivity index (χ3v) is 4.43. The van der Waals surface area contributed by atoms with Crippen LogP contribution in [0.2, 0.25) is 0 Å². The molecule has 1 aliphatic rings. The highest BCUT2D eigenvalue weighted by Gasteiger charge is 2.14. The predicted octanol–water partition coefficient (Wildman–Crippen LogP) is 1.76. The Morgan fingerprint density at radius 1 is 1.37 bits per heavy atom. The maximum atomic E-state index is 11.1. The fourth-order valence-corrected chi connectivity index (χ4v) is 3.43. The summed E-state index contributed by atoms with van der Waals surface area (Å²) < 4.78 is 0. The molecule has 3 rings (SSSR count). The van der Waals surface area contributed by atoms with E-state index in [9.17, 15) is 4.79 Å². The Hall–Kier alpha value is -1.69. The largest absolute Gasteiger partial charge is 0.369 e. The van der Waals surface area contributed by atoms with Crippen molar-refractivity contribution in [3.8, 4) is 0 Å².